The third kappa shape index (κ3) is 2.03. The highest BCUT2D eigenvalue weighted by Gasteiger charge is 2.32. The van der Waals surface area contributed by atoms with Crippen molar-refractivity contribution in [1.29, 1.82) is 0 Å². The molecule has 0 unspecified atom stereocenters. The molecule has 3 heteroatoms. The van der Waals surface area contributed by atoms with Gasteiger partial charge in [0.25, 0.3) is 0 Å². The Kier molecular flexibility index (Phi) is 3.00. The molecular formula is C13H14O2S. The predicted molar refractivity (Wildman–Crippen MR) is 65.4 cm³/mol. The lowest BCUT2D eigenvalue weighted by Gasteiger charge is -2.36. The van der Waals surface area contributed by atoms with Crippen molar-refractivity contribution in [2.24, 2.45) is 0 Å². The Bertz CT molecular complexity index is 377. The van der Waals surface area contributed by atoms with E-state index in [0.717, 1.165) is 17.9 Å². The molecule has 1 fully saturated rings. The minimum Gasteiger partial charge on any atom is -0.347 e. The minimum absolute atomic E-state index is 0.203. The van der Waals surface area contributed by atoms with Crippen LogP contribution >= 0.6 is 11.8 Å². The lowest BCUT2D eigenvalue weighted by Crippen LogP contribution is -2.38. The molecule has 1 aromatic rings. The van der Waals surface area contributed by atoms with Gasteiger partial charge in [-0.3, -0.25) is 0 Å². The Hall–Kier alpha value is -0.770. The maximum atomic E-state index is 5.95. The van der Waals surface area contributed by atoms with Crippen LogP contribution in [0.3, 0.4) is 0 Å². The second kappa shape index (κ2) is 4.62. The Morgan fingerprint density at radius 3 is 2.94 bits per heavy atom. The van der Waals surface area contributed by atoms with Crippen molar-refractivity contribution >= 4 is 11.8 Å². The van der Waals surface area contributed by atoms with Gasteiger partial charge in [-0.05, 0) is 0 Å². The maximum Gasteiger partial charge on any atom is 0.184 e. The maximum absolute atomic E-state index is 5.95. The molecule has 0 N–H and O–H groups in total. The molecule has 0 saturated carbocycles. The second-order valence-corrected chi connectivity index (χ2v) is 5.25. The molecule has 0 radical (unpaired) electrons. The second-order valence-electron chi connectivity index (χ2n) is 3.98. The van der Waals surface area contributed by atoms with Crippen LogP contribution in [0.5, 0.6) is 0 Å². The molecule has 1 saturated heterocycles. The van der Waals surface area contributed by atoms with Gasteiger partial charge in [0.05, 0.1) is 18.0 Å². The van der Waals surface area contributed by atoms with E-state index in [2.05, 4.69) is 12.2 Å². The first-order valence-electron chi connectivity index (χ1n) is 5.54. The Morgan fingerprint density at radius 1 is 1.19 bits per heavy atom. The number of benzene rings is 1. The Labute approximate surface area is 99.6 Å². The molecule has 16 heavy (non-hydrogen) atoms. The van der Waals surface area contributed by atoms with Crippen molar-refractivity contribution in [2.75, 3.05) is 12.4 Å². The summed E-state index contributed by atoms with van der Waals surface area (Å²) in [5.41, 5.74) is 1.10. The van der Waals surface area contributed by atoms with Gasteiger partial charge in [0.2, 0.25) is 0 Å². The SMILES string of the molecule is C1=C[C@H]2O[C@H](c3ccccc3)OC[C@H]2SC1. The molecule has 2 heterocycles. The smallest absolute Gasteiger partial charge is 0.184 e. The van der Waals surface area contributed by atoms with Gasteiger partial charge < -0.3 is 9.47 Å². The zero-order valence-corrected chi connectivity index (χ0v) is 9.73. The van der Waals surface area contributed by atoms with E-state index in [1.807, 2.05) is 42.1 Å². The van der Waals surface area contributed by atoms with Crippen LogP contribution in [0.4, 0.5) is 0 Å². The molecule has 2 nitrogen and oxygen atoms in total. The average molecular weight is 234 g/mol. The molecule has 2 aliphatic rings. The lowest BCUT2D eigenvalue weighted by atomic mass is 10.1. The number of fused-ring (bicyclic) bond motifs is 1. The third-order valence-electron chi connectivity index (χ3n) is 2.86. The highest BCUT2D eigenvalue weighted by molar-refractivity contribution is 8.00. The minimum atomic E-state index is -0.203. The zero-order chi connectivity index (χ0) is 10.8. The van der Waals surface area contributed by atoms with Gasteiger partial charge in [0.15, 0.2) is 6.29 Å². The van der Waals surface area contributed by atoms with Gasteiger partial charge in [-0.25, -0.2) is 0 Å². The van der Waals surface area contributed by atoms with Gasteiger partial charge in [0, 0.05) is 11.3 Å². The van der Waals surface area contributed by atoms with E-state index < -0.39 is 0 Å². The van der Waals surface area contributed by atoms with Crippen LogP contribution < -0.4 is 0 Å². The lowest BCUT2D eigenvalue weighted by molar-refractivity contribution is -0.201. The van der Waals surface area contributed by atoms with E-state index in [-0.39, 0.29) is 12.4 Å². The van der Waals surface area contributed by atoms with Crippen LogP contribution in [0.2, 0.25) is 0 Å². The normalized spacial score (nSPS) is 33.4. The fraction of sp³-hybridized carbons (Fsp3) is 0.385. The Balaban J connectivity index is 1.75. The topological polar surface area (TPSA) is 18.5 Å². The van der Waals surface area contributed by atoms with Crippen molar-refractivity contribution < 1.29 is 9.47 Å². The summed E-state index contributed by atoms with van der Waals surface area (Å²) in [6.45, 7) is 0.777. The van der Waals surface area contributed by atoms with Crippen LogP contribution in [0, 0.1) is 0 Å². The molecule has 0 aromatic heterocycles. The van der Waals surface area contributed by atoms with Gasteiger partial charge in [0.1, 0.15) is 0 Å². The highest BCUT2D eigenvalue weighted by atomic mass is 32.2. The molecule has 0 spiro atoms. The molecule has 0 aliphatic carbocycles. The van der Waals surface area contributed by atoms with E-state index in [4.69, 9.17) is 9.47 Å². The van der Waals surface area contributed by atoms with Gasteiger partial charge in [-0.15, -0.1) is 11.8 Å². The van der Waals surface area contributed by atoms with Gasteiger partial charge >= 0.3 is 0 Å². The van der Waals surface area contributed by atoms with Crippen LogP contribution in [-0.2, 0) is 9.47 Å². The van der Waals surface area contributed by atoms with E-state index in [1.165, 1.54) is 0 Å². The number of thioether (sulfide) groups is 1. The van der Waals surface area contributed by atoms with Gasteiger partial charge in [-0.1, -0.05) is 42.5 Å². The first-order valence-corrected chi connectivity index (χ1v) is 6.58. The van der Waals surface area contributed by atoms with Crippen molar-refractivity contribution in [2.45, 2.75) is 17.6 Å². The largest absolute Gasteiger partial charge is 0.347 e. The van der Waals surface area contributed by atoms with Crippen LogP contribution in [0.15, 0.2) is 42.5 Å². The summed E-state index contributed by atoms with van der Waals surface area (Å²) in [7, 11) is 0. The van der Waals surface area contributed by atoms with Crippen molar-refractivity contribution in [1.82, 2.24) is 0 Å². The molecular weight excluding hydrogens is 220 g/mol. The number of rotatable bonds is 1. The summed E-state index contributed by atoms with van der Waals surface area (Å²) in [5, 5.41) is 0.463. The van der Waals surface area contributed by atoms with Crippen LogP contribution in [-0.4, -0.2) is 23.7 Å². The summed E-state index contributed by atoms with van der Waals surface area (Å²) < 4.78 is 11.7. The highest BCUT2D eigenvalue weighted by Crippen LogP contribution is 2.34. The number of ether oxygens (including phenoxy) is 2. The molecule has 84 valence electrons. The predicted octanol–water partition coefficient (Wildman–Crippen LogP) is 2.77. The number of hydrogen-bond acceptors (Lipinski definition) is 3. The van der Waals surface area contributed by atoms with Crippen molar-refractivity contribution in [3.63, 3.8) is 0 Å². The molecule has 3 rings (SSSR count). The third-order valence-corrected chi connectivity index (χ3v) is 4.08. The fourth-order valence-electron chi connectivity index (χ4n) is 2.01. The van der Waals surface area contributed by atoms with E-state index in [1.54, 1.807) is 0 Å². The van der Waals surface area contributed by atoms with Crippen LogP contribution in [0.25, 0.3) is 0 Å². The van der Waals surface area contributed by atoms with E-state index in [0.29, 0.717) is 5.25 Å². The summed E-state index contributed by atoms with van der Waals surface area (Å²) in [5.74, 6) is 1.07. The molecule has 0 bridgehead atoms. The van der Waals surface area contributed by atoms with Crippen LogP contribution in [0.1, 0.15) is 11.9 Å². The quantitative estimate of drug-likeness (QED) is 0.696. The van der Waals surface area contributed by atoms with Crippen molar-refractivity contribution in [3.05, 3.63) is 48.0 Å². The monoisotopic (exact) mass is 234 g/mol. The standard InChI is InChI=1S/C13H14O2S/c1-2-5-10(6-3-1)13-14-9-12-11(15-13)7-4-8-16-12/h1-7,11-13H,8-9H2/t11-,12-,13-/m1/s1. The molecule has 0 amide bonds. The Morgan fingerprint density at radius 2 is 2.06 bits per heavy atom. The first-order chi connectivity index (χ1) is 7.93. The van der Waals surface area contributed by atoms with E-state index in [9.17, 15) is 0 Å². The van der Waals surface area contributed by atoms with Gasteiger partial charge in [-0.2, -0.15) is 0 Å². The zero-order valence-electron chi connectivity index (χ0n) is 8.91. The summed E-state index contributed by atoms with van der Waals surface area (Å²) in [6, 6.07) is 10.1. The summed E-state index contributed by atoms with van der Waals surface area (Å²) in [4.78, 5) is 0. The van der Waals surface area contributed by atoms with Crippen molar-refractivity contribution in [3.8, 4) is 0 Å². The number of hydrogen-bond donors (Lipinski definition) is 0. The summed E-state index contributed by atoms with van der Waals surface area (Å²) in [6.07, 6.45) is 4.35. The molecule has 2 aliphatic heterocycles. The average Bonchev–Trinajstić information content (AvgIpc) is 2.39. The molecule has 1 aromatic carbocycles. The molecule has 3 atom stereocenters. The summed E-state index contributed by atoms with van der Waals surface area (Å²) >= 11 is 1.91. The fourth-order valence-corrected chi connectivity index (χ4v) is 3.00. The first kappa shape index (κ1) is 10.4. The van der Waals surface area contributed by atoms with E-state index >= 15 is 0 Å².